The molecule has 0 unspecified atom stereocenters. The molecule has 0 fully saturated rings. The van der Waals surface area contributed by atoms with E-state index in [-0.39, 0.29) is 0 Å². The highest BCUT2D eigenvalue weighted by Gasteiger charge is 2.29. The lowest BCUT2D eigenvalue weighted by atomic mass is 9.95. The first kappa shape index (κ1) is 14.5. The van der Waals surface area contributed by atoms with Gasteiger partial charge in [-0.2, -0.15) is 9.67 Å². The molecule has 2 aromatic heterocycles. The molecule has 6 rings (SSSR count). The van der Waals surface area contributed by atoms with Gasteiger partial charge in [-0.05, 0) is 35.9 Å². The van der Waals surface area contributed by atoms with E-state index in [1.54, 1.807) is 0 Å². The molecule has 4 heteroatoms. The van der Waals surface area contributed by atoms with E-state index in [0.717, 1.165) is 33.6 Å². The zero-order chi connectivity index (χ0) is 18.0. The molecule has 3 aromatic carbocycles. The third-order valence-electron chi connectivity index (χ3n) is 5.44. The van der Waals surface area contributed by atoms with Gasteiger partial charge in [-0.1, -0.05) is 24.3 Å². The molecule has 0 saturated carbocycles. The van der Waals surface area contributed by atoms with E-state index in [0.29, 0.717) is 0 Å². The molecular weight excluding hydrogens is 334 g/mol. The van der Waals surface area contributed by atoms with Gasteiger partial charge >= 0.3 is 0 Å². The Morgan fingerprint density at radius 1 is 0.889 bits per heavy atom. The number of ether oxygens (including phenoxy) is 1. The van der Waals surface area contributed by atoms with Crippen molar-refractivity contribution in [1.29, 1.82) is 0 Å². The predicted molar refractivity (Wildman–Crippen MR) is 106 cm³/mol. The number of hydrogen-bond acceptors (Lipinski definition) is 2. The first-order valence-corrected chi connectivity index (χ1v) is 8.96. The molecule has 3 heterocycles. The van der Waals surface area contributed by atoms with Gasteiger partial charge in [0.2, 0.25) is 11.2 Å². The van der Waals surface area contributed by atoms with Crippen LogP contribution >= 0.6 is 0 Å². The summed E-state index contributed by atoms with van der Waals surface area (Å²) >= 11 is 0. The minimum atomic E-state index is 0.905. The molecule has 1 aliphatic heterocycles. The zero-order valence-corrected chi connectivity index (χ0v) is 14.7. The van der Waals surface area contributed by atoms with Gasteiger partial charge in [-0.3, -0.25) is 5.10 Å². The average Bonchev–Trinajstić information content (AvgIpc) is 3.25. The molecule has 0 bridgehead atoms. The fraction of sp³-hybridized carbons (Fsp3) is 0.0435. The van der Waals surface area contributed by atoms with Gasteiger partial charge in [0.1, 0.15) is 18.5 Å². The maximum absolute atomic E-state index is 6.23. The highest BCUT2D eigenvalue weighted by Crippen LogP contribution is 2.46. The second kappa shape index (κ2) is 5.17. The number of aromatic nitrogens is 3. The van der Waals surface area contributed by atoms with Crippen LogP contribution in [0, 0.1) is 0 Å². The molecule has 4 nitrogen and oxygen atoms in total. The Morgan fingerprint density at radius 3 is 2.67 bits per heavy atom. The molecule has 1 aliphatic rings. The fourth-order valence-electron chi connectivity index (χ4n) is 4.19. The van der Waals surface area contributed by atoms with Crippen molar-refractivity contribution in [3.8, 4) is 33.9 Å². The monoisotopic (exact) mass is 350 g/mol. The van der Waals surface area contributed by atoms with Crippen molar-refractivity contribution < 1.29 is 9.30 Å². The van der Waals surface area contributed by atoms with E-state index in [1.807, 2.05) is 30.6 Å². The van der Waals surface area contributed by atoms with Crippen molar-refractivity contribution in [2.24, 2.45) is 7.05 Å². The van der Waals surface area contributed by atoms with Gasteiger partial charge in [0.15, 0.2) is 0 Å². The van der Waals surface area contributed by atoms with Crippen LogP contribution < -0.4 is 9.30 Å². The van der Waals surface area contributed by atoms with Crippen LogP contribution in [0.15, 0.2) is 73.1 Å². The molecule has 1 N–H and O–H groups in total. The molecule has 0 amide bonds. The van der Waals surface area contributed by atoms with Gasteiger partial charge in [0.25, 0.3) is 0 Å². The standard InChI is InChI=1S/C23H16N3O/c1-26-19-10-9-14(15-12-24-25-13-15)11-18(19)16-6-4-8-21-22(16)23(26)17-5-2-3-7-20(17)27-21/h2-13H,1H3,(H,24,25)/q+1. The third-order valence-corrected chi connectivity index (χ3v) is 5.44. The van der Waals surface area contributed by atoms with Crippen LogP contribution in [0.4, 0.5) is 0 Å². The van der Waals surface area contributed by atoms with Crippen molar-refractivity contribution in [1.82, 2.24) is 10.2 Å². The molecular formula is C23H16N3O+. The quantitative estimate of drug-likeness (QED) is 0.336. The van der Waals surface area contributed by atoms with E-state index in [1.165, 1.54) is 22.0 Å². The minimum Gasteiger partial charge on any atom is -0.456 e. The number of hydrogen-bond donors (Lipinski definition) is 1. The Labute approximate surface area is 155 Å². The summed E-state index contributed by atoms with van der Waals surface area (Å²) < 4.78 is 8.51. The summed E-state index contributed by atoms with van der Waals surface area (Å²) in [7, 11) is 2.13. The van der Waals surface area contributed by atoms with E-state index in [9.17, 15) is 0 Å². The smallest absolute Gasteiger partial charge is 0.228 e. The number of rotatable bonds is 1. The predicted octanol–water partition coefficient (Wildman–Crippen LogP) is 4.98. The van der Waals surface area contributed by atoms with E-state index in [2.05, 4.69) is 64.3 Å². The average molecular weight is 350 g/mol. The van der Waals surface area contributed by atoms with Gasteiger partial charge < -0.3 is 4.74 Å². The minimum absolute atomic E-state index is 0.905. The fourth-order valence-corrected chi connectivity index (χ4v) is 4.19. The lowest BCUT2D eigenvalue weighted by Crippen LogP contribution is -2.33. The summed E-state index contributed by atoms with van der Waals surface area (Å²) in [6.45, 7) is 0. The maximum atomic E-state index is 6.23. The Hall–Kier alpha value is -3.66. The molecule has 0 atom stereocenters. The van der Waals surface area contributed by atoms with Crippen LogP contribution in [-0.4, -0.2) is 10.2 Å². The van der Waals surface area contributed by atoms with Gasteiger partial charge in [-0.15, -0.1) is 0 Å². The van der Waals surface area contributed by atoms with Crippen molar-refractivity contribution in [3.05, 3.63) is 73.1 Å². The molecule has 0 aliphatic carbocycles. The summed E-state index contributed by atoms with van der Waals surface area (Å²) in [5.74, 6) is 1.81. The molecule has 0 spiro atoms. The Bertz CT molecular complexity index is 1350. The number of fused-ring (bicyclic) bond motifs is 4. The van der Waals surface area contributed by atoms with Crippen LogP contribution in [0.25, 0.3) is 44.1 Å². The van der Waals surface area contributed by atoms with Crippen LogP contribution in [0.2, 0.25) is 0 Å². The molecule has 27 heavy (non-hydrogen) atoms. The maximum Gasteiger partial charge on any atom is 0.228 e. The van der Waals surface area contributed by atoms with E-state index < -0.39 is 0 Å². The molecule has 0 saturated heterocycles. The Kier molecular flexibility index (Phi) is 2.78. The van der Waals surface area contributed by atoms with Gasteiger partial charge in [-0.25, -0.2) is 0 Å². The second-order valence-corrected chi connectivity index (χ2v) is 6.90. The second-order valence-electron chi connectivity index (χ2n) is 6.90. The SMILES string of the molecule is C[n+]1c2c3c(cccc3c3cc(-c4cn[nH]c4)ccc31)Oc1ccccc1-2. The highest BCUT2D eigenvalue weighted by atomic mass is 16.5. The molecule has 128 valence electrons. The number of aryl methyl sites for hydroxylation is 1. The van der Waals surface area contributed by atoms with Gasteiger partial charge in [0, 0.05) is 23.2 Å². The lowest BCUT2D eigenvalue weighted by molar-refractivity contribution is -0.632. The number of benzene rings is 3. The van der Waals surface area contributed by atoms with Crippen molar-refractivity contribution in [2.75, 3.05) is 0 Å². The summed E-state index contributed by atoms with van der Waals surface area (Å²) in [5, 5.41) is 10.6. The summed E-state index contributed by atoms with van der Waals surface area (Å²) in [4.78, 5) is 0. The summed E-state index contributed by atoms with van der Waals surface area (Å²) in [5.41, 5.74) is 5.75. The number of pyridine rings is 1. The van der Waals surface area contributed by atoms with Crippen molar-refractivity contribution >= 4 is 21.7 Å². The number of nitrogens with zero attached hydrogens (tertiary/aromatic N) is 2. The van der Waals surface area contributed by atoms with Crippen LogP contribution in [0.3, 0.4) is 0 Å². The number of aromatic amines is 1. The Morgan fingerprint density at radius 2 is 1.78 bits per heavy atom. The topological polar surface area (TPSA) is 41.8 Å². The third kappa shape index (κ3) is 1.92. The van der Waals surface area contributed by atoms with E-state index >= 15 is 0 Å². The lowest BCUT2D eigenvalue weighted by Gasteiger charge is -2.20. The highest BCUT2D eigenvalue weighted by molar-refractivity contribution is 6.13. The molecule has 0 radical (unpaired) electrons. The van der Waals surface area contributed by atoms with Crippen LogP contribution in [0.1, 0.15) is 0 Å². The Balaban J connectivity index is 1.79. The first-order chi connectivity index (χ1) is 13.3. The summed E-state index contributed by atoms with van der Waals surface area (Å²) in [6, 6.07) is 21.1. The number of nitrogens with one attached hydrogen (secondary N) is 1. The van der Waals surface area contributed by atoms with E-state index in [4.69, 9.17) is 4.74 Å². The summed E-state index contributed by atoms with van der Waals surface area (Å²) in [6.07, 6.45) is 3.78. The van der Waals surface area contributed by atoms with Crippen molar-refractivity contribution in [3.63, 3.8) is 0 Å². The normalized spacial score (nSPS) is 12.2. The van der Waals surface area contributed by atoms with Gasteiger partial charge in [0.05, 0.1) is 22.5 Å². The van der Waals surface area contributed by atoms with Crippen LogP contribution in [0.5, 0.6) is 11.5 Å². The van der Waals surface area contributed by atoms with Crippen LogP contribution in [-0.2, 0) is 7.05 Å². The van der Waals surface area contributed by atoms with Crippen molar-refractivity contribution in [2.45, 2.75) is 0 Å². The first-order valence-electron chi connectivity index (χ1n) is 8.96. The zero-order valence-electron chi connectivity index (χ0n) is 14.7. The largest absolute Gasteiger partial charge is 0.456 e. The number of para-hydroxylation sites is 1. The molecule has 5 aromatic rings. The number of H-pyrrole nitrogens is 1.